The van der Waals surface area contributed by atoms with Crippen LogP contribution in [-0.2, 0) is 0 Å². The summed E-state index contributed by atoms with van der Waals surface area (Å²) < 4.78 is 12.8. The highest BCUT2D eigenvalue weighted by atomic mass is 19.1. The lowest BCUT2D eigenvalue weighted by molar-refractivity contribution is 0.182. The molecule has 3 heteroatoms. The Kier molecular flexibility index (Phi) is 2.57. The summed E-state index contributed by atoms with van der Waals surface area (Å²) in [5.74, 6) is -0.412. The van der Waals surface area contributed by atoms with E-state index in [1.165, 1.54) is 12.1 Å². The lowest BCUT2D eigenvalue weighted by atomic mass is 10.1. The average molecular weight is 155 g/mol. The molecule has 0 heterocycles. The second-order valence-corrected chi connectivity index (χ2v) is 2.27. The van der Waals surface area contributed by atoms with E-state index in [9.17, 15) is 4.39 Å². The molecule has 0 saturated heterocycles. The molecule has 1 rings (SSSR count). The second kappa shape index (κ2) is 3.46. The lowest BCUT2D eigenvalue weighted by Gasteiger charge is -2.07. The van der Waals surface area contributed by atoms with Crippen molar-refractivity contribution in [1.82, 2.24) is 0 Å². The van der Waals surface area contributed by atoms with Crippen LogP contribution >= 0.6 is 0 Å². The molecule has 0 aliphatic heterocycles. The molecule has 1 atom stereocenters. The maximum atomic E-state index is 12.8. The Labute approximate surface area is 64.5 Å². The van der Waals surface area contributed by atoms with Gasteiger partial charge in [0.25, 0.3) is 0 Å². The number of nitrogens with two attached hydrogens (primary N) is 1. The Hall–Kier alpha value is -0.930. The van der Waals surface area contributed by atoms with E-state index in [1.54, 1.807) is 12.1 Å². The molecule has 1 unspecified atom stereocenters. The van der Waals surface area contributed by atoms with E-state index >= 15 is 0 Å². The number of hydrogen-bond acceptors (Lipinski definition) is 2. The predicted octanol–water partition coefficient (Wildman–Crippen LogP) is 0.818. The number of benzene rings is 1. The molecule has 1 aromatic rings. The standard InChI is InChI=1S/C8H10FNO/c9-7-4-2-1-3-6(7)8(11)5-10/h1-4,8,11H,5,10H2. The monoisotopic (exact) mass is 155 g/mol. The summed E-state index contributed by atoms with van der Waals surface area (Å²) in [6.45, 7) is 0.0426. The Morgan fingerprint density at radius 2 is 2.09 bits per heavy atom. The maximum absolute atomic E-state index is 12.8. The van der Waals surface area contributed by atoms with Gasteiger partial charge in [0.15, 0.2) is 0 Å². The van der Waals surface area contributed by atoms with Gasteiger partial charge in [-0.1, -0.05) is 18.2 Å². The van der Waals surface area contributed by atoms with Crippen LogP contribution in [0.3, 0.4) is 0 Å². The zero-order valence-electron chi connectivity index (χ0n) is 6.00. The Bertz CT molecular complexity index is 239. The summed E-state index contributed by atoms with van der Waals surface area (Å²) in [7, 11) is 0. The molecule has 1 aromatic carbocycles. The third-order valence-corrected chi connectivity index (χ3v) is 1.49. The van der Waals surface area contributed by atoms with Crippen LogP contribution in [0, 0.1) is 5.82 Å². The average Bonchev–Trinajstić information content (AvgIpc) is 2.04. The molecule has 11 heavy (non-hydrogen) atoms. The summed E-state index contributed by atoms with van der Waals surface area (Å²) in [6.07, 6.45) is -0.892. The van der Waals surface area contributed by atoms with Crippen molar-refractivity contribution in [3.63, 3.8) is 0 Å². The fourth-order valence-electron chi connectivity index (χ4n) is 0.872. The zero-order valence-corrected chi connectivity index (χ0v) is 6.00. The minimum Gasteiger partial charge on any atom is -0.387 e. The number of rotatable bonds is 2. The fourth-order valence-corrected chi connectivity index (χ4v) is 0.872. The van der Waals surface area contributed by atoms with Gasteiger partial charge >= 0.3 is 0 Å². The minimum atomic E-state index is -0.892. The molecule has 3 N–H and O–H groups in total. The van der Waals surface area contributed by atoms with Gasteiger partial charge in [-0.05, 0) is 6.07 Å². The lowest BCUT2D eigenvalue weighted by Crippen LogP contribution is -2.12. The van der Waals surface area contributed by atoms with Gasteiger partial charge in [-0.3, -0.25) is 0 Å². The summed E-state index contributed by atoms with van der Waals surface area (Å²) in [6, 6.07) is 6.06. The molecule has 60 valence electrons. The largest absolute Gasteiger partial charge is 0.387 e. The van der Waals surface area contributed by atoms with E-state index in [2.05, 4.69) is 0 Å². The summed E-state index contributed by atoms with van der Waals surface area (Å²) in [5.41, 5.74) is 5.42. The smallest absolute Gasteiger partial charge is 0.129 e. The molecule has 0 aliphatic carbocycles. The zero-order chi connectivity index (χ0) is 8.27. The first-order valence-corrected chi connectivity index (χ1v) is 3.38. The van der Waals surface area contributed by atoms with Crippen LogP contribution in [0.5, 0.6) is 0 Å². The number of hydrogen-bond donors (Lipinski definition) is 2. The maximum Gasteiger partial charge on any atom is 0.129 e. The number of aliphatic hydroxyl groups is 1. The quantitative estimate of drug-likeness (QED) is 0.664. The van der Waals surface area contributed by atoms with E-state index in [0.717, 1.165) is 0 Å². The SMILES string of the molecule is NCC(O)c1ccccc1F. The minimum absolute atomic E-state index is 0.0426. The van der Waals surface area contributed by atoms with Gasteiger partial charge in [-0.2, -0.15) is 0 Å². The molecule has 0 amide bonds. The van der Waals surface area contributed by atoms with Crippen LogP contribution < -0.4 is 5.73 Å². The molecule has 0 aromatic heterocycles. The molecular formula is C8H10FNO. The predicted molar refractivity (Wildman–Crippen MR) is 40.4 cm³/mol. The van der Waals surface area contributed by atoms with Crippen LogP contribution in [-0.4, -0.2) is 11.7 Å². The van der Waals surface area contributed by atoms with Crippen molar-refractivity contribution in [3.05, 3.63) is 35.6 Å². The second-order valence-electron chi connectivity index (χ2n) is 2.27. The number of halogens is 1. The molecule has 0 saturated carbocycles. The van der Waals surface area contributed by atoms with Crippen molar-refractivity contribution < 1.29 is 9.50 Å². The van der Waals surface area contributed by atoms with Crippen LogP contribution in [0.2, 0.25) is 0 Å². The first-order valence-electron chi connectivity index (χ1n) is 3.38. The summed E-state index contributed by atoms with van der Waals surface area (Å²) >= 11 is 0. The highest BCUT2D eigenvalue weighted by Crippen LogP contribution is 2.14. The molecule has 0 aliphatic rings. The van der Waals surface area contributed by atoms with Gasteiger partial charge < -0.3 is 10.8 Å². The van der Waals surface area contributed by atoms with Gasteiger partial charge in [-0.25, -0.2) is 4.39 Å². The topological polar surface area (TPSA) is 46.2 Å². The van der Waals surface area contributed by atoms with Crippen LogP contribution in [0.1, 0.15) is 11.7 Å². The highest BCUT2D eigenvalue weighted by Gasteiger charge is 2.08. The van der Waals surface area contributed by atoms with Crippen molar-refractivity contribution >= 4 is 0 Å². The van der Waals surface area contributed by atoms with Crippen LogP contribution in [0.25, 0.3) is 0 Å². The van der Waals surface area contributed by atoms with Crippen molar-refractivity contribution in [2.75, 3.05) is 6.54 Å². The molecule has 0 bridgehead atoms. The van der Waals surface area contributed by atoms with Gasteiger partial charge in [0.05, 0.1) is 6.10 Å². The van der Waals surface area contributed by atoms with E-state index in [0.29, 0.717) is 0 Å². The molecule has 2 nitrogen and oxygen atoms in total. The van der Waals surface area contributed by atoms with Crippen molar-refractivity contribution in [2.24, 2.45) is 5.73 Å². The molecular weight excluding hydrogens is 145 g/mol. The van der Waals surface area contributed by atoms with Crippen molar-refractivity contribution in [2.45, 2.75) is 6.10 Å². The molecule has 0 radical (unpaired) electrons. The highest BCUT2D eigenvalue weighted by molar-refractivity contribution is 5.19. The fraction of sp³-hybridized carbons (Fsp3) is 0.250. The summed E-state index contributed by atoms with van der Waals surface area (Å²) in [5, 5.41) is 9.15. The first kappa shape index (κ1) is 8.17. The van der Waals surface area contributed by atoms with Crippen LogP contribution in [0.4, 0.5) is 4.39 Å². The van der Waals surface area contributed by atoms with Gasteiger partial charge in [0.2, 0.25) is 0 Å². The van der Waals surface area contributed by atoms with Gasteiger partial charge in [0, 0.05) is 12.1 Å². The molecule has 0 fully saturated rings. The van der Waals surface area contributed by atoms with Crippen molar-refractivity contribution in [3.8, 4) is 0 Å². The van der Waals surface area contributed by atoms with Gasteiger partial charge in [-0.15, -0.1) is 0 Å². The normalized spacial score (nSPS) is 13.0. The van der Waals surface area contributed by atoms with E-state index < -0.39 is 11.9 Å². The van der Waals surface area contributed by atoms with Crippen LogP contribution in [0.15, 0.2) is 24.3 Å². The third-order valence-electron chi connectivity index (χ3n) is 1.49. The number of aliphatic hydroxyl groups excluding tert-OH is 1. The van der Waals surface area contributed by atoms with Gasteiger partial charge in [0.1, 0.15) is 5.82 Å². The Balaban J connectivity index is 2.93. The first-order chi connectivity index (χ1) is 5.25. The van der Waals surface area contributed by atoms with E-state index in [1.807, 2.05) is 0 Å². The van der Waals surface area contributed by atoms with E-state index in [-0.39, 0.29) is 12.1 Å². The van der Waals surface area contributed by atoms with Crippen molar-refractivity contribution in [1.29, 1.82) is 0 Å². The third kappa shape index (κ3) is 1.76. The Morgan fingerprint density at radius 1 is 1.45 bits per heavy atom. The molecule has 0 spiro atoms. The van der Waals surface area contributed by atoms with E-state index in [4.69, 9.17) is 10.8 Å². The Morgan fingerprint density at radius 3 is 2.64 bits per heavy atom. The summed E-state index contributed by atoms with van der Waals surface area (Å²) in [4.78, 5) is 0.